The molecule has 1 fully saturated rings. The van der Waals surface area contributed by atoms with Crippen molar-refractivity contribution in [1.29, 1.82) is 0 Å². The zero-order chi connectivity index (χ0) is 9.97. The van der Waals surface area contributed by atoms with Crippen LogP contribution in [0.15, 0.2) is 21.3 Å². The maximum Gasteiger partial charge on any atom is 0.339 e. The second kappa shape index (κ2) is 5.19. The van der Waals surface area contributed by atoms with Gasteiger partial charge in [-0.15, -0.1) is 12.4 Å². The molecule has 1 aliphatic heterocycles. The second-order valence-electron chi connectivity index (χ2n) is 3.56. The lowest BCUT2D eigenvalue weighted by Crippen LogP contribution is -2.45. The van der Waals surface area contributed by atoms with E-state index in [1.54, 1.807) is 13.0 Å². The molecular formula is C10H14ClNO3. The van der Waals surface area contributed by atoms with Crippen LogP contribution < -0.4 is 15.7 Å². The number of rotatable bonds is 3. The predicted octanol–water partition coefficient (Wildman–Crippen LogP) is 0.968. The van der Waals surface area contributed by atoms with Gasteiger partial charge in [0.15, 0.2) is 0 Å². The van der Waals surface area contributed by atoms with Gasteiger partial charge in [0.1, 0.15) is 11.5 Å². The highest BCUT2D eigenvalue weighted by Gasteiger charge is 2.17. The van der Waals surface area contributed by atoms with E-state index in [2.05, 4.69) is 5.32 Å². The smallest absolute Gasteiger partial charge is 0.339 e. The molecule has 0 bridgehead atoms. The first kappa shape index (κ1) is 12.1. The highest BCUT2D eigenvalue weighted by Crippen LogP contribution is 2.12. The third kappa shape index (κ3) is 3.25. The zero-order valence-electron chi connectivity index (χ0n) is 8.49. The fourth-order valence-electron chi connectivity index (χ4n) is 1.34. The van der Waals surface area contributed by atoms with Crippen LogP contribution in [0.1, 0.15) is 5.76 Å². The highest BCUT2D eigenvalue weighted by molar-refractivity contribution is 5.85. The number of hydrogen-bond donors (Lipinski definition) is 1. The first-order valence-corrected chi connectivity index (χ1v) is 4.69. The van der Waals surface area contributed by atoms with Crippen molar-refractivity contribution in [2.75, 3.05) is 19.7 Å². The maximum absolute atomic E-state index is 11.0. The van der Waals surface area contributed by atoms with Crippen molar-refractivity contribution >= 4 is 12.4 Å². The van der Waals surface area contributed by atoms with Crippen LogP contribution in [0.25, 0.3) is 0 Å². The Morgan fingerprint density at radius 3 is 2.80 bits per heavy atom. The molecule has 0 saturated carbocycles. The van der Waals surface area contributed by atoms with Gasteiger partial charge < -0.3 is 14.5 Å². The average Bonchev–Trinajstić information content (AvgIpc) is 1.99. The normalized spacial score (nSPS) is 15.3. The molecule has 0 spiro atoms. The minimum atomic E-state index is -0.355. The fraction of sp³-hybridized carbons (Fsp3) is 0.500. The summed E-state index contributed by atoms with van der Waals surface area (Å²) in [6, 6.07) is 3.10. The van der Waals surface area contributed by atoms with Gasteiger partial charge in [0.05, 0.1) is 12.7 Å². The molecule has 0 radical (unpaired) electrons. The van der Waals surface area contributed by atoms with Gasteiger partial charge in [-0.05, 0) is 6.92 Å². The summed E-state index contributed by atoms with van der Waals surface area (Å²) in [6.45, 7) is 4.40. The lowest BCUT2D eigenvalue weighted by molar-refractivity contribution is 0.197. The van der Waals surface area contributed by atoms with E-state index in [0.29, 0.717) is 24.0 Å². The number of aryl methyl sites for hydroxylation is 1. The summed E-state index contributed by atoms with van der Waals surface area (Å²) in [5.41, 5.74) is -0.355. The predicted molar refractivity (Wildman–Crippen MR) is 58.8 cm³/mol. The van der Waals surface area contributed by atoms with E-state index >= 15 is 0 Å². The lowest BCUT2D eigenvalue weighted by Gasteiger charge is -2.26. The van der Waals surface area contributed by atoms with Gasteiger partial charge >= 0.3 is 5.63 Å². The van der Waals surface area contributed by atoms with Crippen LogP contribution in [0.4, 0.5) is 0 Å². The molecule has 1 saturated heterocycles. The van der Waals surface area contributed by atoms with Gasteiger partial charge in [0.2, 0.25) is 0 Å². The Balaban J connectivity index is 0.00000112. The van der Waals surface area contributed by atoms with Gasteiger partial charge in [-0.3, -0.25) is 0 Å². The zero-order valence-corrected chi connectivity index (χ0v) is 9.30. The molecule has 4 nitrogen and oxygen atoms in total. The summed E-state index contributed by atoms with van der Waals surface area (Å²) in [4.78, 5) is 11.0. The lowest BCUT2D eigenvalue weighted by atomic mass is 10.1. The van der Waals surface area contributed by atoms with E-state index in [-0.39, 0.29) is 18.0 Å². The van der Waals surface area contributed by atoms with Gasteiger partial charge in [-0.2, -0.15) is 0 Å². The summed E-state index contributed by atoms with van der Waals surface area (Å²) in [5.74, 6) is 1.76. The Bertz CT molecular complexity index is 373. The van der Waals surface area contributed by atoms with Gasteiger partial charge in [0, 0.05) is 25.1 Å². The molecule has 1 aromatic rings. The SMILES string of the molecule is Cc1cc(OCC2CNC2)cc(=O)o1.Cl. The highest BCUT2D eigenvalue weighted by atomic mass is 35.5. The van der Waals surface area contributed by atoms with Crippen LogP contribution in [-0.2, 0) is 0 Å². The van der Waals surface area contributed by atoms with Gasteiger partial charge in [0.25, 0.3) is 0 Å². The van der Waals surface area contributed by atoms with E-state index in [1.807, 2.05) is 0 Å². The standard InChI is InChI=1S/C10H13NO3.ClH/c1-7-2-9(3-10(12)14-7)13-6-8-4-11-5-8;/h2-3,8,11H,4-6H2,1H3;1H. The van der Waals surface area contributed by atoms with Crippen molar-refractivity contribution in [3.63, 3.8) is 0 Å². The molecular weight excluding hydrogens is 218 g/mol. The van der Waals surface area contributed by atoms with Crippen LogP contribution in [0.5, 0.6) is 5.75 Å². The molecule has 0 aromatic carbocycles. The van der Waals surface area contributed by atoms with Crippen LogP contribution in [0.2, 0.25) is 0 Å². The summed E-state index contributed by atoms with van der Waals surface area (Å²) in [6.07, 6.45) is 0. The number of nitrogens with one attached hydrogen (secondary N) is 1. The quantitative estimate of drug-likeness (QED) is 0.842. The van der Waals surface area contributed by atoms with Gasteiger partial charge in [-0.25, -0.2) is 4.79 Å². The molecule has 0 amide bonds. The summed E-state index contributed by atoms with van der Waals surface area (Å²) in [7, 11) is 0. The Kier molecular flexibility index (Phi) is 4.17. The van der Waals surface area contributed by atoms with E-state index in [1.165, 1.54) is 6.07 Å². The second-order valence-corrected chi connectivity index (χ2v) is 3.56. The van der Waals surface area contributed by atoms with Crippen molar-refractivity contribution in [3.8, 4) is 5.75 Å². The van der Waals surface area contributed by atoms with Crippen LogP contribution in [0, 0.1) is 12.8 Å². The van der Waals surface area contributed by atoms with E-state index < -0.39 is 0 Å². The van der Waals surface area contributed by atoms with E-state index in [9.17, 15) is 4.79 Å². The third-order valence-corrected chi connectivity index (χ3v) is 2.22. The molecule has 84 valence electrons. The topological polar surface area (TPSA) is 51.5 Å². The van der Waals surface area contributed by atoms with E-state index in [0.717, 1.165) is 13.1 Å². The molecule has 1 aromatic heterocycles. The van der Waals surface area contributed by atoms with Crippen molar-refractivity contribution in [3.05, 3.63) is 28.3 Å². The number of ether oxygens (including phenoxy) is 1. The minimum Gasteiger partial charge on any atom is -0.493 e. The number of halogens is 1. The van der Waals surface area contributed by atoms with Crippen molar-refractivity contribution in [1.82, 2.24) is 5.32 Å². The van der Waals surface area contributed by atoms with Crippen LogP contribution >= 0.6 is 12.4 Å². The molecule has 2 heterocycles. The molecule has 2 rings (SSSR count). The van der Waals surface area contributed by atoms with Crippen molar-refractivity contribution in [2.45, 2.75) is 6.92 Å². The monoisotopic (exact) mass is 231 g/mol. The largest absolute Gasteiger partial charge is 0.493 e. The minimum absolute atomic E-state index is 0. The fourth-order valence-corrected chi connectivity index (χ4v) is 1.34. The van der Waals surface area contributed by atoms with Crippen LogP contribution in [0.3, 0.4) is 0 Å². The Labute approximate surface area is 94.0 Å². The van der Waals surface area contributed by atoms with Crippen LogP contribution in [-0.4, -0.2) is 19.7 Å². The first-order valence-electron chi connectivity index (χ1n) is 4.69. The average molecular weight is 232 g/mol. The molecule has 15 heavy (non-hydrogen) atoms. The van der Waals surface area contributed by atoms with Gasteiger partial charge in [-0.1, -0.05) is 0 Å². The summed E-state index contributed by atoms with van der Waals surface area (Å²) in [5, 5.41) is 3.16. The summed E-state index contributed by atoms with van der Waals surface area (Å²) >= 11 is 0. The van der Waals surface area contributed by atoms with E-state index in [4.69, 9.17) is 9.15 Å². The first-order chi connectivity index (χ1) is 6.74. The molecule has 5 heteroatoms. The van der Waals surface area contributed by atoms with Crippen molar-refractivity contribution in [2.24, 2.45) is 5.92 Å². The molecule has 0 unspecified atom stereocenters. The molecule has 0 aliphatic carbocycles. The van der Waals surface area contributed by atoms with Crippen molar-refractivity contribution < 1.29 is 9.15 Å². The number of hydrogen-bond acceptors (Lipinski definition) is 4. The Hall–Kier alpha value is -1.00. The molecule has 0 atom stereocenters. The Morgan fingerprint density at radius 1 is 1.53 bits per heavy atom. The Morgan fingerprint density at radius 2 is 2.27 bits per heavy atom. The maximum atomic E-state index is 11.0. The third-order valence-electron chi connectivity index (χ3n) is 2.22. The summed E-state index contributed by atoms with van der Waals surface area (Å²) < 4.78 is 10.3. The molecule has 1 aliphatic rings. The molecule has 1 N–H and O–H groups in total.